The van der Waals surface area contributed by atoms with E-state index in [0.29, 0.717) is 0 Å². The Morgan fingerprint density at radius 2 is 1.26 bits per heavy atom. The fourth-order valence-electron chi connectivity index (χ4n) is 7.73. The fourth-order valence-corrected chi connectivity index (χ4v) is 8.97. The summed E-state index contributed by atoms with van der Waals surface area (Å²) in [6, 6.07) is 31.6. The van der Waals surface area contributed by atoms with Crippen LogP contribution in [-0.4, -0.2) is 18.3 Å². The van der Waals surface area contributed by atoms with Crippen molar-refractivity contribution in [1.29, 1.82) is 0 Å². The van der Waals surface area contributed by atoms with Gasteiger partial charge in [-0.3, -0.25) is 0 Å². The predicted molar refractivity (Wildman–Crippen MR) is 194 cm³/mol. The van der Waals surface area contributed by atoms with Crippen molar-refractivity contribution in [3.8, 4) is 11.1 Å². The maximum atomic E-state index is 7.27. The Morgan fingerprint density at radius 1 is 0.532 bits per heavy atom. The third-order valence-electron chi connectivity index (χ3n) is 10.7. The predicted octanol–water partition coefficient (Wildman–Crippen LogP) is 11.2. The highest BCUT2D eigenvalue weighted by molar-refractivity contribution is 7.26. The smallest absolute Gasteiger partial charge is 0.456 e. The molecule has 0 atom stereocenters. The van der Waals surface area contributed by atoms with Crippen LogP contribution in [0.1, 0.15) is 27.7 Å². The van der Waals surface area contributed by atoms with Crippen molar-refractivity contribution in [2.45, 2.75) is 38.9 Å². The number of hydrogen-bond donors (Lipinski definition) is 0. The Morgan fingerprint density at radius 3 is 2.11 bits per heavy atom. The second kappa shape index (κ2) is 8.55. The molecule has 0 amide bonds. The van der Waals surface area contributed by atoms with Crippen LogP contribution < -0.4 is 5.46 Å². The van der Waals surface area contributed by atoms with Gasteiger partial charge in [-0.15, -0.1) is 11.3 Å². The first-order chi connectivity index (χ1) is 22.8. The summed E-state index contributed by atoms with van der Waals surface area (Å²) in [7, 11) is -0.643. The lowest BCUT2D eigenvalue weighted by molar-refractivity contribution is 0.00578. The van der Waals surface area contributed by atoms with E-state index in [1.807, 2.05) is 12.1 Å². The summed E-state index contributed by atoms with van der Waals surface area (Å²) >= 11 is 1.79. The summed E-state index contributed by atoms with van der Waals surface area (Å²) < 4.78 is 36.1. The summed E-state index contributed by atoms with van der Waals surface area (Å²) in [6.07, 6.45) is 0. The van der Waals surface area contributed by atoms with Crippen LogP contribution in [0.3, 0.4) is 0 Å². The minimum atomic E-state index is -0.643. The molecule has 0 unspecified atom stereocenters. The van der Waals surface area contributed by atoms with Gasteiger partial charge in [0.2, 0.25) is 0 Å². The van der Waals surface area contributed by atoms with E-state index in [-0.39, 0.29) is 0 Å². The normalized spacial score (nSPS) is 16.6. The average molecular weight is 631 g/mol. The molecule has 1 fully saturated rings. The number of furan rings is 2. The quantitative estimate of drug-likeness (QED) is 0.178. The van der Waals surface area contributed by atoms with Crippen molar-refractivity contribution >= 4 is 110 Å². The van der Waals surface area contributed by atoms with Crippen molar-refractivity contribution in [2.75, 3.05) is 0 Å². The Balaban J connectivity index is 1.38. The van der Waals surface area contributed by atoms with Gasteiger partial charge < -0.3 is 22.6 Å². The summed E-state index contributed by atoms with van der Waals surface area (Å²) in [6.45, 7) is 8.38. The van der Waals surface area contributed by atoms with E-state index in [2.05, 4.69) is 107 Å². The molecule has 226 valence electrons. The van der Waals surface area contributed by atoms with E-state index in [4.69, 9.17) is 22.6 Å². The number of benzene rings is 6. The average Bonchev–Trinajstić information content (AvgIpc) is 3.76. The zero-order valence-corrected chi connectivity index (χ0v) is 27.0. The molecular formula is C40H27BO5S. The molecule has 1 aliphatic rings. The van der Waals surface area contributed by atoms with Crippen LogP contribution in [0.5, 0.6) is 0 Å². The highest BCUT2D eigenvalue weighted by Gasteiger charge is 2.52. The van der Waals surface area contributed by atoms with Crippen molar-refractivity contribution in [2.24, 2.45) is 0 Å². The third kappa shape index (κ3) is 3.26. The molecule has 47 heavy (non-hydrogen) atoms. The molecule has 0 saturated carbocycles. The Hall–Kier alpha value is -4.82. The fraction of sp³-hybridized carbons (Fsp3) is 0.150. The Labute approximate surface area is 272 Å². The van der Waals surface area contributed by atoms with E-state index in [1.165, 1.54) is 4.70 Å². The molecule has 5 nitrogen and oxygen atoms in total. The van der Waals surface area contributed by atoms with E-state index >= 15 is 0 Å². The van der Waals surface area contributed by atoms with E-state index in [9.17, 15) is 0 Å². The number of thiophene rings is 1. The molecule has 0 aliphatic carbocycles. The molecule has 0 bridgehead atoms. The van der Waals surface area contributed by atoms with Crippen LogP contribution in [0.15, 0.2) is 104 Å². The summed E-state index contributed by atoms with van der Waals surface area (Å²) in [5.74, 6) is 0. The van der Waals surface area contributed by atoms with Gasteiger partial charge in [0.05, 0.1) is 16.6 Å². The molecule has 0 radical (unpaired) electrons. The van der Waals surface area contributed by atoms with Gasteiger partial charge >= 0.3 is 7.12 Å². The first-order valence-electron chi connectivity index (χ1n) is 16.0. The molecule has 6 aromatic carbocycles. The zero-order valence-electron chi connectivity index (χ0n) is 26.2. The molecule has 7 heteroatoms. The summed E-state index contributed by atoms with van der Waals surface area (Å²) in [4.78, 5) is 0. The van der Waals surface area contributed by atoms with Crippen molar-refractivity contribution in [1.82, 2.24) is 0 Å². The first kappa shape index (κ1) is 26.3. The lowest BCUT2D eigenvalue weighted by Gasteiger charge is -2.32. The molecule has 4 aromatic heterocycles. The minimum Gasteiger partial charge on any atom is -0.456 e. The highest BCUT2D eigenvalue weighted by Crippen LogP contribution is 2.51. The van der Waals surface area contributed by atoms with Gasteiger partial charge in [-0.05, 0) is 75.0 Å². The Bertz CT molecular complexity index is 2920. The highest BCUT2D eigenvalue weighted by atomic mass is 32.1. The SMILES string of the molecule is CC1(C)OB(c2cc(-c3cccc4oc5ccccc5c34)c3sc4ccc5oc6cc7ccccc7c7oc2c3c4c5c67)OC1(C)C. The summed E-state index contributed by atoms with van der Waals surface area (Å²) in [5, 5.41) is 8.59. The second-order valence-corrected chi connectivity index (χ2v) is 14.9. The topological polar surface area (TPSA) is 57.9 Å². The van der Waals surface area contributed by atoms with E-state index in [1.54, 1.807) is 11.3 Å². The third-order valence-corrected chi connectivity index (χ3v) is 11.9. The van der Waals surface area contributed by atoms with Gasteiger partial charge in [0.25, 0.3) is 0 Å². The molecule has 5 heterocycles. The Kier molecular flexibility index (Phi) is 4.78. The van der Waals surface area contributed by atoms with Gasteiger partial charge in [0.1, 0.15) is 33.5 Å². The largest absolute Gasteiger partial charge is 0.498 e. The van der Waals surface area contributed by atoms with Crippen LogP contribution >= 0.6 is 11.3 Å². The maximum Gasteiger partial charge on any atom is 0.498 e. The molecule has 1 aliphatic heterocycles. The lowest BCUT2D eigenvalue weighted by atomic mass is 9.76. The van der Waals surface area contributed by atoms with Crippen LogP contribution in [-0.2, 0) is 9.31 Å². The van der Waals surface area contributed by atoms with Gasteiger partial charge in [0, 0.05) is 52.7 Å². The van der Waals surface area contributed by atoms with Gasteiger partial charge in [0.15, 0.2) is 0 Å². The molecule has 11 rings (SSSR count). The minimum absolute atomic E-state index is 0.531. The standard InChI is InChI=1S/C40H27BO5S/c1-39(2)40(3,4)46-41(45-39)25-19-24(22-13-9-15-27-31(22)23-12-7-8-14-26(23)42-27)38-35-34-30(47-38)17-16-28-32(34)33-29(43-28)18-20-10-5-6-11-21(20)36(33)44-37(25)35/h5-19H,1-4H3. The number of fused-ring (bicyclic) bond motifs is 5. The summed E-state index contributed by atoms with van der Waals surface area (Å²) in [5.41, 5.74) is 6.99. The van der Waals surface area contributed by atoms with Crippen molar-refractivity contribution < 1.29 is 22.6 Å². The molecule has 0 spiro atoms. The molecule has 0 N–H and O–H groups in total. The van der Waals surface area contributed by atoms with E-state index in [0.717, 1.165) is 97.9 Å². The second-order valence-electron chi connectivity index (χ2n) is 13.8. The van der Waals surface area contributed by atoms with Crippen LogP contribution in [0.2, 0.25) is 0 Å². The lowest BCUT2D eigenvalue weighted by Crippen LogP contribution is -2.41. The maximum absolute atomic E-state index is 7.27. The van der Waals surface area contributed by atoms with Gasteiger partial charge in [-0.2, -0.15) is 0 Å². The number of rotatable bonds is 2. The zero-order chi connectivity index (χ0) is 31.4. The van der Waals surface area contributed by atoms with Crippen LogP contribution in [0.25, 0.3) is 97.1 Å². The molecule has 10 aromatic rings. The monoisotopic (exact) mass is 630 g/mol. The molecule has 1 saturated heterocycles. The molecular weight excluding hydrogens is 603 g/mol. The van der Waals surface area contributed by atoms with Crippen LogP contribution in [0.4, 0.5) is 0 Å². The van der Waals surface area contributed by atoms with Crippen molar-refractivity contribution in [3.05, 3.63) is 91.0 Å². The van der Waals surface area contributed by atoms with Gasteiger partial charge in [-0.1, -0.05) is 54.6 Å². The number of para-hydroxylation sites is 1. The van der Waals surface area contributed by atoms with Crippen molar-refractivity contribution in [3.63, 3.8) is 0 Å². The van der Waals surface area contributed by atoms with Gasteiger partial charge in [-0.25, -0.2) is 0 Å². The first-order valence-corrected chi connectivity index (χ1v) is 16.8. The number of hydrogen-bond acceptors (Lipinski definition) is 6. The van der Waals surface area contributed by atoms with E-state index < -0.39 is 18.3 Å². The van der Waals surface area contributed by atoms with Crippen LogP contribution in [0, 0.1) is 0 Å².